The van der Waals surface area contributed by atoms with E-state index in [2.05, 4.69) is 10.3 Å². The van der Waals surface area contributed by atoms with Crippen molar-refractivity contribution in [1.29, 1.82) is 0 Å². The Balaban J connectivity index is 1.96. The number of rotatable bonds is 2. The number of hydrogen-bond acceptors (Lipinski definition) is 2. The maximum absolute atomic E-state index is 13.3. The highest BCUT2D eigenvalue weighted by atomic mass is 19.2. The Morgan fingerprint density at radius 3 is 2.84 bits per heavy atom. The molecule has 19 heavy (non-hydrogen) atoms. The number of piperidine rings is 1. The lowest BCUT2D eigenvalue weighted by Gasteiger charge is -2.24. The monoisotopic (exact) mass is 263 g/mol. The molecule has 1 aliphatic rings. The highest BCUT2D eigenvalue weighted by Crippen LogP contribution is 2.25. The van der Waals surface area contributed by atoms with Crippen LogP contribution in [0, 0.1) is 11.6 Å². The van der Waals surface area contributed by atoms with Crippen molar-refractivity contribution in [3.63, 3.8) is 0 Å². The zero-order valence-electron chi connectivity index (χ0n) is 10.4. The van der Waals surface area contributed by atoms with Gasteiger partial charge in [-0.15, -0.1) is 0 Å². The molecule has 0 amide bonds. The van der Waals surface area contributed by atoms with E-state index in [9.17, 15) is 8.78 Å². The molecule has 0 bridgehead atoms. The summed E-state index contributed by atoms with van der Waals surface area (Å²) in [6.07, 6.45) is 6.80. The Kier molecular flexibility index (Phi) is 3.29. The number of imidazole rings is 1. The zero-order valence-corrected chi connectivity index (χ0v) is 10.4. The number of nitrogens with zero attached hydrogens (tertiary/aromatic N) is 2. The first-order valence-electron chi connectivity index (χ1n) is 6.47. The highest BCUT2D eigenvalue weighted by Gasteiger charge is 2.19. The van der Waals surface area contributed by atoms with Crippen molar-refractivity contribution in [2.45, 2.75) is 25.3 Å². The first kappa shape index (κ1) is 12.3. The summed E-state index contributed by atoms with van der Waals surface area (Å²) >= 11 is 0. The summed E-state index contributed by atoms with van der Waals surface area (Å²) in [5.74, 6) is -1.67. The lowest BCUT2D eigenvalue weighted by atomic mass is 10.0. The van der Waals surface area contributed by atoms with Crippen molar-refractivity contribution >= 4 is 0 Å². The molecule has 1 saturated heterocycles. The fraction of sp³-hybridized carbons (Fsp3) is 0.357. The molecule has 1 unspecified atom stereocenters. The van der Waals surface area contributed by atoms with Crippen LogP contribution >= 0.6 is 0 Å². The molecule has 5 heteroatoms. The van der Waals surface area contributed by atoms with Gasteiger partial charge in [-0.2, -0.15) is 0 Å². The Labute approximate surface area is 110 Å². The minimum absolute atomic E-state index is 0.226. The van der Waals surface area contributed by atoms with Gasteiger partial charge >= 0.3 is 0 Å². The van der Waals surface area contributed by atoms with E-state index < -0.39 is 11.6 Å². The predicted molar refractivity (Wildman–Crippen MR) is 68.1 cm³/mol. The van der Waals surface area contributed by atoms with Gasteiger partial charge in [0.2, 0.25) is 0 Å². The third-order valence-corrected chi connectivity index (χ3v) is 3.52. The van der Waals surface area contributed by atoms with Crippen LogP contribution in [-0.2, 0) is 0 Å². The van der Waals surface area contributed by atoms with Crippen LogP contribution in [-0.4, -0.2) is 16.1 Å². The van der Waals surface area contributed by atoms with Gasteiger partial charge in [0.05, 0.1) is 18.2 Å². The quantitative estimate of drug-likeness (QED) is 0.902. The minimum Gasteiger partial charge on any atom is -0.309 e. The summed E-state index contributed by atoms with van der Waals surface area (Å²) < 4.78 is 28.1. The zero-order chi connectivity index (χ0) is 13.2. The smallest absolute Gasteiger partial charge is 0.160 e. The predicted octanol–water partition coefficient (Wildman–Crippen LogP) is 2.97. The lowest BCUT2D eigenvalue weighted by molar-refractivity contribution is 0.401. The first-order valence-corrected chi connectivity index (χ1v) is 6.47. The van der Waals surface area contributed by atoms with Crippen LogP contribution in [0.15, 0.2) is 30.7 Å². The van der Waals surface area contributed by atoms with Crippen LogP contribution in [0.4, 0.5) is 8.78 Å². The third-order valence-electron chi connectivity index (χ3n) is 3.52. The molecule has 100 valence electrons. The van der Waals surface area contributed by atoms with Crippen LogP contribution in [0.1, 0.15) is 31.0 Å². The molecule has 1 aliphatic heterocycles. The number of hydrogen-bond donors (Lipinski definition) is 1. The molecule has 2 aromatic rings. The molecule has 1 fully saturated rings. The maximum Gasteiger partial charge on any atom is 0.160 e. The van der Waals surface area contributed by atoms with Crippen molar-refractivity contribution < 1.29 is 8.78 Å². The van der Waals surface area contributed by atoms with Crippen molar-refractivity contribution in [2.75, 3.05) is 6.54 Å². The summed E-state index contributed by atoms with van der Waals surface area (Å²) in [5.41, 5.74) is 1.59. The van der Waals surface area contributed by atoms with Gasteiger partial charge in [0.25, 0.3) is 0 Å². The molecule has 1 N–H and O–H groups in total. The SMILES string of the molecule is Fc1ccc(-n2cncc2C2CCCCN2)cc1F. The third kappa shape index (κ3) is 2.38. The first-order chi connectivity index (χ1) is 9.25. The Morgan fingerprint density at radius 2 is 2.11 bits per heavy atom. The standard InChI is InChI=1S/C14H15F2N3/c15-11-5-4-10(7-12(11)16)19-9-17-8-14(19)13-3-1-2-6-18-13/h4-5,7-9,13,18H,1-3,6H2. The van der Waals surface area contributed by atoms with Gasteiger partial charge in [-0.1, -0.05) is 6.42 Å². The molecule has 0 aliphatic carbocycles. The largest absolute Gasteiger partial charge is 0.309 e. The molecule has 0 saturated carbocycles. The average Bonchev–Trinajstić information content (AvgIpc) is 2.92. The van der Waals surface area contributed by atoms with E-state index in [1.54, 1.807) is 18.6 Å². The van der Waals surface area contributed by atoms with E-state index in [4.69, 9.17) is 0 Å². The van der Waals surface area contributed by atoms with Gasteiger partial charge < -0.3 is 9.88 Å². The Morgan fingerprint density at radius 1 is 1.21 bits per heavy atom. The maximum atomic E-state index is 13.3. The van der Waals surface area contributed by atoms with E-state index in [1.807, 2.05) is 4.57 Å². The van der Waals surface area contributed by atoms with Crippen molar-refractivity contribution in [3.05, 3.63) is 48.1 Å². The number of nitrogens with one attached hydrogen (secondary N) is 1. The Hall–Kier alpha value is -1.75. The van der Waals surface area contributed by atoms with Crippen LogP contribution < -0.4 is 5.32 Å². The number of aromatic nitrogens is 2. The molecule has 0 spiro atoms. The normalized spacial score (nSPS) is 19.6. The highest BCUT2D eigenvalue weighted by molar-refractivity contribution is 5.35. The molecule has 1 aromatic carbocycles. The second-order valence-corrected chi connectivity index (χ2v) is 4.79. The van der Waals surface area contributed by atoms with Crippen molar-refractivity contribution in [1.82, 2.24) is 14.9 Å². The van der Waals surface area contributed by atoms with Gasteiger partial charge in [0.15, 0.2) is 11.6 Å². The van der Waals surface area contributed by atoms with Crippen LogP contribution in [0.5, 0.6) is 0 Å². The van der Waals surface area contributed by atoms with Crippen molar-refractivity contribution in [3.8, 4) is 5.69 Å². The summed E-state index contributed by atoms with van der Waals surface area (Å²) in [7, 11) is 0. The molecule has 0 radical (unpaired) electrons. The average molecular weight is 263 g/mol. The van der Waals surface area contributed by atoms with Crippen LogP contribution in [0.2, 0.25) is 0 Å². The van der Waals surface area contributed by atoms with Crippen LogP contribution in [0.3, 0.4) is 0 Å². The summed E-state index contributed by atoms with van der Waals surface area (Å²) in [4.78, 5) is 4.13. The molecule has 3 nitrogen and oxygen atoms in total. The van der Waals surface area contributed by atoms with E-state index >= 15 is 0 Å². The summed E-state index contributed by atoms with van der Waals surface area (Å²) in [6.45, 7) is 0.980. The fourth-order valence-corrected chi connectivity index (χ4v) is 2.52. The van der Waals surface area contributed by atoms with Gasteiger partial charge in [0, 0.05) is 17.8 Å². The fourth-order valence-electron chi connectivity index (χ4n) is 2.52. The molecule has 1 aromatic heterocycles. The molecular formula is C14H15F2N3. The number of benzene rings is 1. The molecule has 1 atom stereocenters. The number of halogens is 2. The molecular weight excluding hydrogens is 248 g/mol. The van der Waals surface area contributed by atoms with Gasteiger partial charge in [0.1, 0.15) is 0 Å². The van der Waals surface area contributed by atoms with Gasteiger partial charge in [-0.25, -0.2) is 13.8 Å². The summed E-state index contributed by atoms with van der Waals surface area (Å²) in [6, 6.07) is 4.13. The minimum atomic E-state index is -0.839. The van der Waals surface area contributed by atoms with Crippen LogP contribution in [0.25, 0.3) is 5.69 Å². The topological polar surface area (TPSA) is 29.9 Å². The Bertz CT molecular complexity index is 574. The van der Waals surface area contributed by atoms with E-state index in [1.165, 1.54) is 18.9 Å². The van der Waals surface area contributed by atoms with E-state index in [0.717, 1.165) is 24.7 Å². The lowest BCUT2D eigenvalue weighted by Crippen LogP contribution is -2.28. The summed E-state index contributed by atoms with van der Waals surface area (Å²) in [5, 5.41) is 3.43. The van der Waals surface area contributed by atoms with E-state index in [-0.39, 0.29) is 6.04 Å². The second-order valence-electron chi connectivity index (χ2n) is 4.79. The molecule has 2 heterocycles. The van der Waals surface area contributed by atoms with Gasteiger partial charge in [-0.3, -0.25) is 0 Å². The molecule has 3 rings (SSSR count). The second kappa shape index (κ2) is 5.09. The van der Waals surface area contributed by atoms with Crippen molar-refractivity contribution in [2.24, 2.45) is 0 Å². The van der Waals surface area contributed by atoms with E-state index in [0.29, 0.717) is 5.69 Å². The van der Waals surface area contributed by atoms with Gasteiger partial charge in [-0.05, 0) is 31.5 Å².